The topological polar surface area (TPSA) is 12.0 Å². The number of benzene rings is 1. The molecule has 0 fully saturated rings. The van der Waals surface area contributed by atoms with Gasteiger partial charge in [0.1, 0.15) is 0 Å². The van der Waals surface area contributed by atoms with Crippen molar-refractivity contribution in [3.63, 3.8) is 0 Å². The highest BCUT2D eigenvalue weighted by molar-refractivity contribution is 14.1. The van der Waals surface area contributed by atoms with Crippen molar-refractivity contribution in [3.05, 3.63) is 26.8 Å². The largest absolute Gasteiger partial charge is 0.384 e. The van der Waals surface area contributed by atoms with Gasteiger partial charge in [-0.05, 0) is 47.2 Å². The van der Waals surface area contributed by atoms with Crippen LogP contribution in [0.1, 0.15) is 58.3 Å². The van der Waals surface area contributed by atoms with Crippen molar-refractivity contribution in [2.75, 3.05) is 11.9 Å². The van der Waals surface area contributed by atoms with E-state index in [0.717, 1.165) is 17.3 Å². The molecule has 1 aromatic carbocycles. The summed E-state index contributed by atoms with van der Waals surface area (Å²) in [5.74, 6) is 0. The number of halogens is 2. The Hall–Kier alpha value is 0.0400. The Kier molecular flexibility index (Phi) is 9.70. The van der Waals surface area contributed by atoms with Crippen LogP contribution >= 0.6 is 34.2 Å². The summed E-state index contributed by atoms with van der Waals surface area (Å²) < 4.78 is 1.18. The molecule has 108 valence electrons. The Morgan fingerprint density at radius 2 is 1.63 bits per heavy atom. The van der Waals surface area contributed by atoms with E-state index in [0.29, 0.717) is 0 Å². The molecule has 0 unspecified atom stereocenters. The van der Waals surface area contributed by atoms with Gasteiger partial charge < -0.3 is 5.32 Å². The number of anilines is 1. The van der Waals surface area contributed by atoms with E-state index in [2.05, 4.69) is 47.0 Å². The van der Waals surface area contributed by atoms with Gasteiger partial charge in [-0.15, -0.1) is 0 Å². The van der Waals surface area contributed by atoms with Crippen LogP contribution in [0.15, 0.2) is 18.2 Å². The molecule has 3 heteroatoms. The van der Waals surface area contributed by atoms with E-state index in [1.165, 1.54) is 54.9 Å². The van der Waals surface area contributed by atoms with Gasteiger partial charge in [-0.3, -0.25) is 0 Å². The first-order valence-electron chi connectivity index (χ1n) is 7.43. The van der Waals surface area contributed by atoms with Crippen LogP contribution in [-0.2, 0) is 0 Å². The van der Waals surface area contributed by atoms with Crippen molar-refractivity contribution in [2.24, 2.45) is 0 Å². The van der Waals surface area contributed by atoms with Crippen molar-refractivity contribution >= 4 is 39.9 Å². The lowest BCUT2D eigenvalue weighted by Crippen LogP contribution is -2.02. The molecular formula is C16H25ClIN. The molecule has 1 aromatic rings. The Balaban J connectivity index is 2.01. The second-order valence-electron chi connectivity index (χ2n) is 5.03. The molecule has 0 saturated heterocycles. The van der Waals surface area contributed by atoms with E-state index >= 15 is 0 Å². The van der Waals surface area contributed by atoms with Crippen LogP contribution in [0.5, 0.6) is 0 Å². The summed E-state index contributed by atoms with van der Waals surface area (Å²) in [4.78, 5) is 0. The van der Waals surface area contributed by atoms with Crippen molar-refractivity contribution in [1.29, 1.82) is 0 Å². The zero-order valence-electron chi connectivity index (χ0n) is 11.9. The number of hydrogen-bond acceptors (Lipinski definition) is 1. The summed E-state index contributed by atoms with van der Waals surface area (Å²) in [7, 11) is 0. The van der Waals surface area contributed by atoms with Crippen molar-refractivity contribution in [3.8, 4) is 0 Å². The third-order valence-corrected chi connectivity index (χ3v) is 4.26. The van der Waals surface area contributed by atoms with Gasteiger partial charge in [0.2, 0.25) is 0 Å². The lowest BCUT2D eigenvalue weighted by atomic mass is 10.1. The van der Waals surface area contributed by atoms with Crippen molar-refractivity contribution in [2.45, 2.75) is 58.3 Å². The average molecular weight is 394 g/mol. The summed E-state index contributed by atoms with van der Waals surface area (Å²) in [5, 5.41) is 4.24. The lowest BCUT2D eigenvalue weighted by Gasteiger charge is -2.08. The van der Waals surface area contributed by atoms with Crippen molar-refractivity contribution < 1.29 is 0 Å². The Bertz CT molecular complexity index is 355. The first-order valence-corrected chi connectivity index (χ1v) is 8.88. The molecule has 0 aromatic heterocycles. The quantitative estimate of drug-likeness (QED) is 0.353. The number of nitrogens with one attached hydrogen (secondary N) is 1. The third kappa shape index (κ3) is 8.03. The summed E-state index contributed by atoms with van der Waals surface area (Å²) in [6.45, 7) is 3.29. The number of hydrogen-bond donors (Lipinski definition) is 1. The molecule has 1 nitrogen and oxygen atoms in total. The minimum Gasteiger partial charge on any atom is -0.384 e. The molecule has 0 atom stereocenters. The highest BCUT2D eigenvalue weighted by Gasteiger charge is 1.99. The smallest absolute Gasteiger partial charge is 0.0648 e. The highest BCUT2D eigenvalue weighted by atomic mass is 127. The van der Waals surface area contributed by atoms with Crippen LogP contribution in [0.3, 0.4) is 0 Å². The minimum absolute atomic E-state index is 0.825. The van der Waals surface area contributed by atoms with Gasteiger partial charge in [-0.1, -0.05) is 63.5 Å². The van der Waals surface area contributed by atoms with Gasteiger partial charge >= 0.3 is 0 Å². The molecule has 19 heavy (non-hydrogen) atoms. The molecule has 0 amide bonds. The molecule has 0 aliphatic heterocycles. The van der Waals surface area contributed by atoms with Gasteiger partial charge in [0.05, 0.1) is 10.7 Å². The average Bonchev–Trinajstić information content (AvgIpc) is 2.39. The van der Waals surface area contributed by atoms with Crippen LogP contribution in [0.4, 0.5) is 5.69 Å². The lowest BCUT2D eigenvalue weighted by molar-refractivity contribution is 0.581. The minimum atomic E-state index is 0.825. The fourth-order valence-electron chi connectivity index (χ4n) is 2.11. The van der Waals surface area contributed by atoms with Gasteiger partial charge in [0, 0.05) is 10.1 Å². The summed E-state index contributed by atoms with van der Waals surface area (Å²) >= 11 is 8.45. The first kappa shape index (κ1) is 17.1. The van der Waals surface area contributed by atoms with Gasteiger partial charge in [-0.25, -0.2) is 0 Å². The second-order valence-corrected chi connectivity index (χ2v) is 6.68. The van der Waals surface area contributed by atoms with Gasteiger partial charge in [0.15, 0.2) is 0 Å². The molecule has 0 saturated carbocycles. The van der Waals surface area contributed by atoms with Crippen LogP contribution in [0.25, 0.3) is 0 Å². The maximum Gasteiger partial charge on any atom is 0.0648 e. The molecule has 1 rings (SSSR count). The van der Waals surface area contributed by atoms with Crippen molar-refractivity contribution in [1.82, 2.24) is 0 Å². The molecule has 0 spiro atoms. The third-order valence-electron chi connectivity index (χ3n) is 3.28. The SMILES string of the molecule is CCCCCCCCCCNc1ccc(I)cc1Cl. The summed E-state index contributed by atoms with van der Waals surface area (Å²) in [6.07, 6.45) is 10.9. The monoisotopic (exact) mass is 393 g/mol. The predicted octanol–water partition coefficient (Wildman–Crippen LogP) is 6.50. The molecule has 0 radical (unpaired) electrons. The molecular weight excluding hydrogens is 369 g/mol. The second kappa shape index (κ2) is 10.8. The molecule has 0 bridgehead atoms. The summed E-state index contributed by atoms with van der Waals surface area (Å²) in [5.41, 5.74) is 1.06. The highest BCUT2D eigenvalue weighted by Crippen LogP contribution is 2.23. The van der Waals surface area contributed by atoms with E-state index < -0.39 is 0 Å². The van der Waals surface area contributed by atoms with E-state index in [9.17, 15) is 0 Å². The molecule has 0 aliphatic rings. The van der Waals surface area contributed by atoms with E-state index in [-0.39, 0.29) is 0 Å². The van der Waals surface area contributed by atoms with Crippen LogP contribution in [-0.4, -0.2) is 6.54 Å². The summed E-state index contributed by atoms with van der Waals surface area (Å²) in [6, 6.07) is 6.15. The number of unbranched alkanes of at least 4 members (excludes halogenated alkanes) is 7. The number of rotatable bonds is 10. The normalized spacial score (nSPS) is 10.7. The molecule has 0 heterocycles. The molecule has 0 aliphatic carbocycles. The van der Waals surface area contributed by atoms with E-state index in [4.69, 9.17) is 11.6 Å². The first-order chi connectivity index (χ1) is 9.24. The van der Waals surface area contributed by atoms with E-state index in [1.807, 2.05) is 6.07 Å². The maximum absolute atomic E-state index is 6.17. The van der Waals surface area contributed by atoms with Gasteiger partial charge in [-0.2, -0.15) is 0 Å². The Morgan fingerprint density at radius 1 is 1.00 bits per heavy atom. The Labute approximate surface area is 136 Å². The zero-order valence-corrected chi connectivity index (χ0v) is 14.8. The maximum atomic E-state index is 6.17. The zero-order chi connectivity index (χ0) is 13.9. The van der Waals surface area contributed by atoms with Crippen LogP contribution < -0.4 is 5.32 Å². The van der Waals surface area contributed by atoms with Gasteiger partial charge in [0.25, 0.3) is 0 Å². The molecule has 1 N–H and O–H groups in total. The van der Waals surface area contributed by atoms with Crippen LogP contribution in [0, 0.1) is 3.57 Å². The fraction of sp³-hybridized carbons (Fsp3) is 0.625. The van der Waals surface area contributed by atoms with E-state index in [1.54, 1.807) is 0 Å². The fourth-order valence-corrected chi connectivity index (χ4v) is 3.04. The van der Waals surface area contributed by atoms with Crippen LogP contribution in [0.2, 0.25) is 5.02 Å². The predicted molar refractivity (Wildman–Crippen MR) is 95.3 cm³/mol. The standard InChI is InChI=1S/C16H25ClIN/c1-2-3-4-5-6-7-8-9-12-19-16-11-10-14(18)13-15(16)17/h10-11,13,19H,2-9,12H2,1H3. The Morgan fingerprint density at radius 3 is 2.26 bits per heavy atom.